The summed E-state index contributed by atoms with van der Waals surface area (Å²) < 4.78 is 5.50. The van der Waals surface area contributed by atoms with E-state index in [1.807, 2.05) is 19.1 Å². The predicted octanol–water partition coefficient (Wildman–Crippen LogP) is 4.54. The first-order valence-electron chi connectivity index (χ1n) is 8.68. The third kappa shape index (κ3) is 4.92. The molecule has 0 aliphatic carbocycles. The van der Waals surface area contributed by atoms with Crippen LogP contribution in [0.2, 0.25) is 0 Å². The fourth-order valence-electron chi connectivity index (χ4n) is 2.58. The molecule has 0 saturated heterocycles. The molecule has 0 aliphatic rings. The van der Waals surface area contributed by atoms with Crippen LogP contribution in [0.25, 0.3) is 0 Å². The van der Waals surface area contributed by atoms with Crippen molar-refractivity contribution in [3.05, 3.63) is 83.4 Å². The second-order valence-electron chi connectivity index (χ2n) is 7.35. The summed E-state index contributed by atoms with van der Waals surface area (Å²) in [5, 5.41) is 9.96. The van der Waals surface area contributed by atoms with E-state index in [0.29, 0.717) is 11.1 Å². The van der Waals surface area contributed by atoms with Gasteiger partial charge in [0.25, 0.3) is 0 Å². The molecule has 0 saturated carbocycles. The lowest BCUT2D eigenvalue weighted by Crippen LogP contribution is -2.39. The molecule has 2 aromatic rings. The first-order valence-corrected chi connectivity index (χ1v) is 8.68. The van der Waals surface area contributed by atoms with E-state index in [9.17, 15) is 14.9 Å². The number of hydrogen-bond donors (Lipinski definition) is 0. The van der Waals surface area contributed by atoms with Gasteiger partial charge in [-0.15, -0.1) is 0 Å². The molecule has 0 aromatic heterocycles. The van der Waals surface area contributed by atoms with Crippen LogP contribution in [0, 0.1) is 18.3 Å². The molecule has 2 rings (SSSR count). The van der Waals surface area contributed by atoms with Gasteiger partial charge >= 0.3 is 5.97 Å². The Morgan fingerprint density at radius 2 is 1.70 bits per heavy atom. The van der Waals surface area contributed by atoms with E-state index < -0.39 is 17.0 Å². The molecule has 4 heteroatoms. The van der Waals surface area contributed by atoms with Gasteiger partial charge in [-0.25, -0.2) is 4.79 Å². The highest BCUT2D eigenvalue weighted by molar-refractivity contribution is 6.05. The molecule has 0 unspecified atom stereocenters. The third-order valence-corrected chi connectivity index (χ3v) is 3.91. The lowest BCUT2D eigenvalue weighted by atomic mass is 9.80. The number of ether oxygens (including phenoxy) is 1. The van der Waals surface area contributed by atoms with Crippen LogP contribution < -0.4 is 0 Å². The Balaban J connectivity index is 2.52. The monoisotopic (exact) mass is 361 g/mol. The van der Waals surface area contributed by atoms with Crippen molar-refractivity contribution in [1.82, 2.24) is 0 Å². The Kier molecular flexibility index (Phi) is 5.97. The Morgan fingerprint density at radius 1 is 1.04 bits per heavy atom. The molecule has 0 spiro atoms. The van der Waals surface area contributed by atoms with Gasteiger partial charge < -0.3 is 4.74 Å². The molecule has 0 radical (unpaired) electrons. The molecular formula is C23H23NO3. The van der Waals surface area contributed by atoms with Crippen LogP contribution in [-0.2, 0) is 14.9 Å². The number of ketones is 1. The molecule has 2 aromatic carbocycles. The smallest absolute Gasteiger partial charge is 0.335 e. The van der Waals surface area contributed by atoms with Gasteiger partial charge in [0.15, 0.2) is 11.2 Å². The van der Waals surface area contributed by atoms with Gasteiger partial charge in [0.05, 0.1) is 6.07 Å². The van der Waals surface area contributed by atoms with Gasteiger partial charge in [0.2, 0.25) is 0 Å². The van der Waals surface area contributed by atoms with Crippen molar-refractivity contribution in [2.24, 2.45) is 0 Å². The fourth-order valence-corrected chi connectivity index (χ4v) is 2.58. The van der Waals surface area contributed by atoms with E-state index in [2.05, 4.69) is 6.07 Å². The summed E-state index contributed by atoms with van der Waals surface area (Å²) in [6.45, 7) is 7.09. The van der Waals surface area contributed by atoms with Gasteiger partial charge in [-0.1, -0.05) is 60.2 Å². The summed E-state index contributed by atoms with van der Waals surface area (Å²) in [5.74, 6) is -0.994. The van der Waals surface area contributed by atoms with Crippen molar-refractivity contribution in [1.29, 1.82) is 5.26 Å². The Bertz CT molecular complexity index is 901. The number of carbonyl (C=O) groups is 2. The van der Waals surface area contributed by atoms with E-state index >= 15 is 0 Å². The summed E-state index contributed by atoms with van der Waals surface area (Å²) in [7, 11) is 0. The molecule has 138 valence electrons. The Morgan fingerprint density at radius 3 is 2.26 bits per heavy atom. The molecule has 0 aliphatic heterocycles. The number of benzene rings is 2. The molecular weight excluding hydrogens is 338 g/mol. The zero-order chi connectivity index (χ0) is 20.1. The summed E-state index contributed by atoms with van der Waals surface area (Å²) in [4.78, 5) is 25.4. The highest BCUT2D eigenvalue weighted by Gasteiger charge is 2.42. The average molecular weight is 361 g/mol. The fraction of sp³-hybridized carbons (Fsp3) is 0.261. The predicted molar refractivity (Wildman–Crippen MR) is 104 cm³/mol. The first-order chi connectivity index (χ1) is 12.7. The number of hydrogen-bond acceptors (Lipinski definition) is 4. The zero-order valence-electron chi connectivity index (χ0n) is 16.0. The number of esters is 1. The van der Waals surface area contributed by atoms with Gasteiger partial charge in [0, 0.05) is 5.56 Å². The molecule has 0 N–H and O–H groups in total. The zero-order valence-corrected chi connectivity index (χ0v) is 16.0. The first kappa shape index (κ1) is 20.1. The second kappa shape index (κ2) is 8.01. The van der Waals surface area contributed by atoms with Gasteiger partial charge in [-0.3, -0.25) is 4.79 Å². The number of nitriles is 1. The summed E-state index contributed by atoms with van der Waals surface area (Å²) in [6, 6.07) is 17.9. The Hall–Kier alpha value is -3.19. The quantitative estimate of drug-likeness (QED) is 0.445. The van der Waals surface area contributed by atoms with E-state index in [-0.39, 0.29) is 5.78 Å². The summed E-state index contributed by atoms with van der Waals surface area (Å²) >= 11 is 0. The topological polar surface area (TPSA) is 67.2 Å². The third-order valence-electron chi connectivity index (χ3n) is 3.91. The molecule has 0 bridgehead atoms. The standard InChI is InChI=1S/C23H23NO3/c1-17-9-8-12-19(15-17)23(16-24,21(26)27-22(2,3)4)14-13-20(25)18-10-6-5-7-11-18/h5-15H,1-4H3/b14-13-/t23-/m0/s1. The minimum atomic E-state index is -1.70. The lowest BCUT2D eigenvalue weighted by Gasteiger charge is -2.27. The molecule has 27 heavy (non-hydrogen) atoms. The maximum Gasteiger partial charge on any atom is 0.335 e. The van der Waals surface area contributed by atoms with Crippen molar-refractivity contribution in [2.75, 3.05) is 0 Å². The van der Waals surface area contributed by atoms with E-state index in [1.165, 1.54) is 12.2 Å². The maximum atomic E-state index is 13.0. The van der Waals surface area contributed by atoms with Crippen molar-refractivity contribution in [2.45, 2.75) is 38.7 Å². The average Bonchev–Trinajstić information content (AvgIpc) is 2.62. The highest BCUT2D eigenvalue weighted by atomic mass is 16.6. The molecule has 1 atom stereocenters. The minimum absolute atomic E-state index is 0.286. The maximum absolute atomic E-state index is 13.0. The largest absolute Gasteiger partial charge is 0.458 e. The van der Waals surface area contributed by atoms with Gasteiger partial charge in [-0.05, 0) is 45.4 Å². The van der Waals surface area contributed by atoms with Crippen LogP contribution in [-0.4, -0.2) is 17.4 Å². The Labute approximate surface area is 160 Å². The van der Waals surface area contributed by atoms with E-state index in [1.54, 1.807) is 63.2 Å². The molecule has 4 nitrogen and oxygen atoms in total. The highest BCUT2D eigenvalue weighted by Crippen LogP contribution is 2.30. The second-order valence-corrected chi connectivity index (χ2v) is 7.35. The minimum Gasteiger partial charge on any atom is -0.458 e. The van der Waals surface area contributed by atoms with Gasteiger partial charge in [0.1, 0.15) is 5.60 Å². The number of carbonyl (C=O) groups excluding carboxylic acids is 2. The number of aryl methyl sites for hydroxylation is 1. The van der Waals surface area contributed by atoms with Gasteiger partial charge in [-0.2, -0.15) is 5.26 Å². The van der Waals surface area contributed by atoms with Crippen LogP contribution in [0.4, 0.5) is 0 Å². The summed E-state index contributed by atoms with van der Waals surface area (Å²) in [6.07, 6.45) is 2.61. The van der Waals surface area contributed by atoms with E-state index in [4.69, 9.17) is 4.74 Å². The SMILES string of the molecule is Cc1cccc([C@@](C#N)(/C=C\C(=O)c2ccccc2)C(=O)OC(C)(C)C)c1. The normalized spacial score (nSPS) is 13.6. The van der Waals surface area contributed by atoms with E-state index in [0.717, 1.165) is 5.56 Å². The number of nitrogens with zero attached hydrogens (tertiary/aromatic N) is 1. The molecule has 0 fully saturated rings. The lowest BCUT2D eigenvalue weighted by molar-refractivity contribution is -0.158. The summed E-state index contributed by atoms with van der Waals surface area (Å²) in [5.41, 5.74) is -0.617. The van der Waals surface area contributed by atoms with Crippen LogP contribution >= 0.6 is 0 Å². The van der Waals surface area contributed by atoms with Crippen molar-refractivity contribution in [3.63, 3.8) is 0 Å². The van der Waals surface area contributed by atoms with Crippen LogP contribution in [0.1, 0.15) is 42.3 Å². The number of allylic oxidation sites excluding steroid dienone is 1. The number of rotatable bonds is 5. The molecule has 0 heterocycles. The van der Waals surface area contributed by atoms with Crippen molar-refractivity contribution < 1.29 is 14.3 Å². The molecule has 0 amide bonds. The van der Waals surface area contributed by atoms with Crippen LogP contribution in [0.15, 0.2) is 66.7 Å². The van der Waals surface area contributed by atoms with Crippen LogP contribution in [0.3, 0.4) is 0 Å². The van der Waals surface area contributed by atoms with Crippen molar-refractivity contribution in [3.8, 4) is 6.07 Å². The van der Waals surface area contributed by atoms with Crippen LogP contribution in [0.5, 0.6) is 0 Å². The van der Waals surface area contributed by atoms with Crippen molar-refractivity contribution >= 4 is 11.8 Å².